The average Bonchev–Trinajstić information content (AvgIpc) is 2.84. The lowest BCUT2D eigenvalue weighted by molar-refractivity contribution is 0.122. The highest BCUT2D eigenvalue weighted by molar-refractivity contribution is 5.66. The van der Waals surface area contributed by atoms with Crippen molar-refractivity contribution in [1.29, 1.82) is 0 Å². The minimum absolute atomic E-state index is 0.248. The first-order valence-electron chi connectivity index (χ1n) is 11.1. The number of hydrogen-bond donors (Lipinski definition) is 1. The van der Waals surface area contributed by atoms with E-state index in [1.165, 1.54) is 0 Å². The molecule has 0 bridgehead atoms. The monoisotopic (exact) mass is 432 g/mol. The summed E-state index contributed by atoms with van der Waals surface area (Å²) in [5.41, 5.74) is 9.14. The molecule has 0 spiro atoms. The first-order valence-corrected chi connectivity index (χ1v) is 11.1. The van der Waals surface area contributed by atoms with Gasteiger partial charge in [0.25, 0.3) is 0 Å². The number of nitrogens with two attached hydrogens (primary N) is 1. The molecule has 5 heterocycles. The fourth-order valence-corrected chi connectivity index (χ4v) is 4.50. The molecule has 9 nitrogen and oxygen atoms in total. The maximum absolute atomic E-state index is 5.99. The number of aromatic nitrogens is 5. The van der Waals surface area contributed by atoms with E-state index in [1.54, 1.807) is 6.20 Å². The lowest BCUT2D eigenvalue weighted by Crippen LogP contribution is -2.38. The molecule has 0 radical (unpaired) electrons. The summed E-state index contributed by atoms with van der Waals surface area (Å²) >= 11 is 0. The van der Waals surface area contributed by atoms with Crippen molar-refractivity contribution in [2.45, 2.75) is 25.7 Å². The average molecular weight is 433 g/mol. The number of piperidine rings is 1. The van der Waals surface area contributed by atoms with E-state index < -0.39 is 0 Å². The van der Waals surface area contributed by atoms with Gasteiger partial charge in [0, 0.05) is 67.9 Å². The van der Waals surface area contributed by atoms with Gasteiger partial charge in [0.2, 0.25) is 5.95 Å². The maximum Gasteiger partial charge on any atom is 0.225 e. The summed E-state index contributed by atoms with van der Waals surface area (Å²) in [5.74, 6) is 3.09. The summed E-state index contributed by atoms with van der Waals surface area (Å²) in [6.45, 7) is 6.66. The van der Waals surface area contributed by atoms with Gasteiger partial charge < -0.3 is 20.3 Å². The molecule has 3 aromatic rings. The smallest absolute Gasteiger partial charge is 0.225 e. The quantitative estimate of drug-likeness (QED) is 0.665. The van der Waals surface area contributed by atoms with Gasteiger partial charge in [-0.2, -0.15) is 0 Å². The van der Waals surface area contributed by atoms with Crippen molar-refractivity contribution in [3.8, 4) is 11.1 Å². The van der Waals surface area contributed by atoms with E-state index in [2.05, 4.69) is 30.8 Å². The van der Waals surface area contributed by atoms with Crippen LogP contribution in [0.5, 0.6) is 0 Å². The molecule has 2 aliphatic heterocycles. The Balaban J connectivity index is 1.50. The van der Waals surface area contributed by atoms with E-state index in [-0.39, 0.29) is 5.92 Å². The molecular formula is C23H28N8O. The predicted octanol–water partition coefficient (Wildman–Crippen LogP) is 2.44. The Hall–Kier alpha value is -3.33. The molecule has 166 valence electrons. The van der Waals surface area contributed by atoms with Crippen LogP contribution >= 0.6 is 0 Å². The fraction of sp³-hybridized carbons (Fsp3) is 0.435. The molecule has 0 amide bonds. The van der Waals surface area contributed by atoms with Gasteiger partial charge >= 0.3 is 0 Å². The van der Waals surface area contributed by atoms with Crippen molar-refractivity contribution in [1.82, 2.24) is 24.9 Å². The molecule has 2 N–H and O–H groups in total. The number of pyridine rings is 1. The van der Waals surface area contributed by atoms with Gasteiger partial charge in [-0.25, -0.2) is 19.9 Å². The second kappa shape index (κ2) is 9.04. The predicted molar refractivity (Wildman–Crippen MR) is 124 cm³/mol. The number of nitrogen functional groups attached to an aromatic ring is 1. The Morgan fingerprint density at radius 1 is 1.06 bits per heavy atom. The molecule has 2 saturated heterocycles. The Kier molecular flexibility index (Phi) is 5.81. The van der Waals surface area contributed by atoms with Crippen LogP contribution in [0.4, 0.5) is 17.6 Å². The van der Waals surface area contributed by atoms with Crippen molar-refractivity contribution in [2.24, 2.45) is 0 Å². The van der Waals surface area contributed by atoms with Crippen molar-refractivity contribution >= 4 is 17.6 Å². The largest absolute Gasteiger partial charge is 0.384 e. The molecule has 0 saturated carbocycles. The molecule has 32 heavy (non-hydrogen) atoms. The molecular weight excluding hydrogens is 404 g/mol. The van der Waals surface area contributed by atoms with Crippen LogP contribution in [0, 0.1) is 6.92 Å². The van der Waals surface area contributed by atoms with Crippen molar-refractivity contribution in [3.05, 3.63) is 48.3 Å². The molecule has 0 aromatic carbocycles. The summed E-state index contributed by atoms with van der Waals surface area (Å²) in [7, 11) is 0. The minimum atomic E-state index is 0.248. The van der Waals surface area contributed by atoms with Gasteiger partial charge in [-0.15, -0.1) is 0 Å². The van der Waals surface area contributed by atoms with E-state index in [0.29, 0.717) is 24.9 Å². The molecule has 9 heteroatoms. The number of ether oxygens (including phenoxy) is 1. The highest BCUT2D eigenvalue weighted by Gasteiger charge is 2.28. The van der Waals surface area contributed by atoms with E-state index in [4.69, 9.17) is 20.4 Å². The van der Waals surface area contributed by atoms with Crippen molar-refractivity contribution < 1.29 is 4.74 Å². The zero-order valence-electron chi connectivity index (χ0n) is 18.3. The summed E-state index contributed by atoms with van der Waals surface area (Å²) in [4.78, 5) is 27.5. The maximum atomic E-state index is 5.99. The van der Waals surface area contributed by atoms with E-state index in [9.17, 15) is 0 Å². The minimum Gasteiger partial charge on any atom is -0.384 e. The van der Waals surface area contributed by atoms with Gasteiger partial charge in [-0.05, 0) is 25.8 Å². The third-order valence-electron chi connectivity index (χ3n) is 6.05. The third-order valence-corrected chi connectivity index (χ3v) is 6.05. The molecule has 1 atom stereocenters. The second-order valence-electron chi connectivity index (χ2n) is 8.29. The highest BCUT2D eigenvalue weighted by Crippen LogP contribution is 2.35. The van der Waals surface area contributed by atoms with Crippen LogP contribution in [0.2, 0.25) is 0 Å². The Labute approximate surface area is 187 Å². The second-order valence-corrected chi connectivity index (χ2v) is 8.29. The van der Waals surface area contributed by atoms with Crippen molar-refractivity contribution in [2.75, 3.05) is 54.9 Å². The van der Waals surface area contributed by atoms with Gasteiger partial charge in [-0.1, -0.05) is 6.07 Å². The zero-order valence-corrected chi connectivity index (χ0v) is 18.3. The summed E-state index contributed by atoms with van der Waals surface area (Å²) in [5, 5.41) is 0. The lowest BCUT2D eigenvalue weighted by atomic mass is 9.90. The third kappa shape index (κ3) is 4.34. The van der Waals surface area contributed by atoms with Gasteiger partial charge in [0.15, 0.2) is 0 Å². The first-order chi connectivity index (χ1) is 15.7. The van der Waals surface area contributed by atoms with Crippen LogP contribution in [0.3, 0.4) is 0 Å². The zero-order chi connectivity index (χ0) is 21.9. The standard InChI is InChI=1S/C23H28N8O/c1-16-27-20(24)12-21(28-16)31-7-3-5-18(15-31)22-19(17-4-2-6-25-13-17)14-26-23(29-22)30-8-10-32-11-9-30/h2,4,6,12-14,18H,3,5,7-11,15H2,1H3,(H2,24,27,28)/t18-/m0/s1. The van der Waals surface area contributed by atoms with E-state index in [0.717, 1.165) is 67.6 Å². The van der Waals surface area contributed by atoms with Gasteiger partial charge in [0.05, 0.1) is 18.9 Å². The Morgan fingerprint density at radius 2 is 1.94 bits per heavy atom. The fourth-order valence-electron chi connectivity index (χ4n) is 4.50. The molecule has 0 aliphatic carbocycles. The molecule has 2 aliphatic rings. The first kappa shape index (κ1) is 20.6. The van der Waals surface area contributed by atoms with Crippen LogP contribution in [0.25, 0.3) is 11.1 Å². The molecule has 5 rings (SSSR count). The van der Waals surface area contributed by atoms with Gasteiger partial charge in [0.1, 0.15) is 17.5 Å². The number of aryl methyl sites for hydroxylation is 1. The SMILES string of the molecule is Cc1nc(N)cc(N2CCC[C@H](c3nc(N4CCOCC4)ncc3-c3cccnc3)C2)n1. The van der Waals surface area contributed by atoms with Crippen LogP contribution in [-0.4, -0.2) is 64.3 Å². The normalized spacial score (nSPS) is 19.2. The summed E-state index contributed by atoms with van der Waals surface area (Å²) < 4.78 is 5.51. The topological polar surface area (TPSA) is 106 Å². The van der Waals surface area contributed by atoms with E-state index in [1.807, 2.05) is 31.5 Å². The number of nitrogens with zero attached hydrogens (tertiary/aromatic N) is 7. The van der Waals surface area contributed by atoms with Crippen LogP contribution < -0.4 is 15.5 Å². The van der Waals surface area contributed by atoms with Gasteiger partial charge in [-0.3, -0.25) is 4.98 Å². The highest BCUT2D eigenvalue weighted by atomic mass is 16.5. The van der Waals surface area contributed by atoms with Crippen molar-refractivity contribution in [3.63, 3.8) is 0 Å². The molecule has 2 fully saturated rings. The number of anilines is 3. The van der Waals surface area contributed by atoms with Crippen LogP contribution in [-0.2, 0) is 4.74 Å². The molecule has 3 aromatic heterocycles. The molecule has 0 unspecified atom stereocenters. The number of rotatable bonds is 4. The Morgan fingerprint density at radius 3 is 2.72 bits per heavy atom. The van der Waals surface area contributed by atoms with Crippen LogP contribution in [0.15, 0.2) is 36.8 Å². The number of hydrogen-bond acceptors (Lipinski definition) is 9. The summed E-state index contributed by atoms with van der Waals surface area (Å²) in [6.07, 6.45) is 7.73. The van der Waals surface area contributed by atoms with Crippen LogP contribution in [0.1, 0.15) is 30.3 Å². The van der Waals surface area contributed by atoms with E-state index >= 15 is 0 Å². The summed E-state index contributed by atoms with van der Waals surface area (Å²) in [6, 6.07) is 5.88. The number of morpholine rings is 1. The lowest BCUT2D eigenvalue weighted by Gasteiger charge is -2.35. The Bertz CT molecular complexity index is 1050.